The molecule has 0 rings (SSSR count). The third-order valence-electron chi connectivity index (χ3n) is 2.57. The van der Waals surface area contributed by atoms with Gasteiger partial charge in [0.15, 0.2) is 0 Å². The Bertz CT molecular complexity index is 233. The van der Waals surface area contributed by atoms with Crippen molar-refractivity contribution in [3.05, 3.63) is 0 Å². The number of unbranched alkanes of at least 4 members (excludes halogenated alkanes) is 1. The lowest BCUT2D eigenvalue weighted by atomic mass is 10.1. The molecule has 3 heteroatoms. The van der Waals surface area contributed by atoms with E-state index in [4.69, 9.17) is 6.42 Å². The number of carbonyl (C=O) groups excluding carboxylic acids is 1. The first-order valence-corrected chi connectivity index (χ1v) is 6.12. The van der Waals surface area contributed by atoms with Gasteiger partial charge in [-0.3, -0.25) is 4.79 Å². The average Bonchev–Trinajstić information content (AvgIpc) is 2.28. The van der Waals surface area contributed by atoms with Crippen molar-refractivity contribution in [2.45, 2.75) is 58.5 Å². The molecule has 2 atom stereocenters. The number of terminal acetylenes is 1. The molecular formula is C13H24N2O. The monoisotopic (exact) mass is 224 g/mol. The molecule has 0 aliphatic carbocycles. The summed E-state index contributed by atoms with van der Waals surface area (Å²) < 4.78 is 0. The molecule has 0 aromatic heterocycles. The van der Waals surface area contributed by atoms with Gasteiger partial charge in [0.1, 0.15) is 0 Å². The topological polar surface area (TPSA) is 41.1 Å². The van der Waals surface area contributed by atoms with Gasteiger partial charge < -0.3 is 10.6 Å². The lowest BCUT2D eigenvalue weighted by Gasteiger charge is -2.20. The predicted octanol–water partition coefficient (Wildman–Crippen LogP) is 1.68. The van der Waals surface area contributed by atoms with Crippen LogP contribution >= 0.6 is 0 Å². The second-order valence-corrected chi connectivity index (χ2v) is 4.05. The largest absolute Gasteiger partial charge is 0.355 e. The van der Waals surface area contributed by atoms with Gasteiger partial charge in [-0.2, -0.15) is 0 Å². The Morgan fingerprint density at radius 1 is 1.44 bits per heavy atom. The van der Waals surface area contributed by atoms with Crippen molar-refractivity contribution in [3.63, 3.8) is 0 Å². The molecule has 0 radical (unpaired) electrons. The summed E-state index contributed by atoms with van der Waals surface area (Å²) in [6.45, 7) is 6.80. The fraction of sp³-hybridized carbons (Fsp3) is 0.769. The molecule has 0 aromatic rings. The second-order valence-electron chi connectivity index (χ2n) is 4.05. The molecule has 0 aliphatic heterocycles. The summed E-state index contributed by atoms with van der Waals surface area (Å²) in [5.74, 6) is 2.68. The van der Waals surface area contributed by atoms with E-state index in [-0.39, 0.29) is 18.0 Å². The summed E-state index contributed by atoms with van der Waals surface area (Å²) in [7, 11) is 0. The molecule has 0 heterocycles. The van der Waals surface area contributed by atoms with Gasteiger partial charge in [0.2, 0.25) is 5.91 Å². The van der Waals surface area contributed by atoms with Crippen LogP contribution in [0.4, 0.5) is 0 Å². The molecule has 92 valence electrons. The van der Waals surface area contributed by atoms with E-state index in [1.54, 1.807) is 0 Å². The Morgan fingerprint density at radius 3 is 2.62 bits per heavy atom. The summed E-state index contributed by atoms with van der Waals surface area (Å²) in [6.07, 6.45) is 9.00. The Balaban J connectivity index is 3.89. The zero-order valence-electron chi connectivity index (χ0n) is 10.7. The summed E-state index contributed by atoms with van der Waals surface area (Å²) in [4.78, 5) is 11.6. The van der Waals surface area contributed by atoms with Crippen molar-refractivity contribution >= 4 is 5.91 Å². The SMILES string of the molecule is C#CCC(CC)NC(C)C(=O)NCCCC. The van der Waals surface area contributed by atoms with E-state index in [0.717, 1.165) is 25.8 Å². The van der Waals surface area contributed by atoms with Crippen LogP contribution in [0.15, 0.2) is 0 Å². The Labute approximate surface area is 99.4 Å². The van der Waals surface area contributed by atoms with Gasteiger partial charge in [-0.25, -0.2) is 0 Å². The first-order chi connectivity index (χ1) is 7.65. The zero-order chi connectivity index (χ0) is 12.4. The fourth-order valence-corrected chi connectivity index (χ4v) is 1.43. The lowest BCUT2D eigenvalue weighted by molar-refractivity contribution is -0.122. The number of carbonyl (C=O) groups is 1. The highest BCUT2D eigenvalue weighted by atomic mass is 16.2. The van der Waals surface area contributed by atoms with Crippen LogP contribution in [0, 0.1) is 12.3 Å². The quantitative estimate of drug-likeness (QED) is 0.486. The van der Waals surface area contributed by atoms with Crippen molar-refractivity contribution in [1.29, 1.82) is 0 Å². The van der Waals surface area contributed by atoms with Crippen LogP contribution in [-0.4, -0.2) is 24.5 Å². The molecule has 0 fully saturated rings. The summed E-state index contributed by atoms with van der Waals surface area (Å²) in [5, 5.41) is 6.14. The van der Waals surface area contributed by atoms with Crippen LogP contribution in [-0.2, 0) is 4.79 Å². The fourth-order valence-electron chi connectivity index (χ4n) is 1.43. The van der Waals surface area contributed by atoms with Gasteiger partial charge in [0.25, 0.3) is 0 Å². The van der Waals surface area contributed by atoms with Crippen LogP contribution < -0.4 is 10.6 Å². The molecular weight excluding hydrogens is 200 g/mol. The molecule has 0 bridgehead atoms. The number of amides is 1. The second kappa shape index (κ2) is 9.23. The first-order valence-electron chi connectivity index (χ1n) is 6.12. The summed E-state index contributed by atoms with van der Waals surface area (Å²) in [5.41, 5.74) is 0. The minimum atomic E-state index is -0.171. The number of rotatable bonds is 8. The van der Waals surface area contributed by atoms with Crippen molar-refractivity contribution in [2.24, 2.45) is 0 Å². The van der Waals surface area contributed by atoms with Crippen molar-refractivity contribution < 1.29 is 4.79 Å². The van der Waals surface area contributed by atoms with Crippen LogP contribution in [0.2, 0.25) is 0 Å². The number of hydrogen-bond acceptors (Lipinski definition) is 2. The summed E-state index contributed by atoms with van der Waals surface area (Å²) in [6, 6.07) is 0.0621. The van der Waals surface area contributed by atoms with E-state index in [1.807, 2.05) is 6.92 Å². The van der Waals surface area contributed by atoms with Crippen molar-refractivity contribution in [2.75, 3.05) is 6.54 Å². The van der Waals surface area contributed by atoms with Crippen LogP contribution in [0.3, 0.4) is 0 Å². The average molecular weight is 224 g/mol. The molecule has 2 N–H and O–H groups in total. The summed E-state index contributed by atoms with van der Waals surface area (Å²) >= 11 is 0. The number of nitrogens with one attached hydrogen (secondary N) is 2. The van der Waals surface area contributed by atoms with Gasteiger partial charge in [-0.15, -0.1) is 12.3 Å². The predicted molar refractivity (Wildman–Crippen MR) is 68.0 cm³/mol. The minimum absolute atomic E-state index is 0.0592. The highest BCUT2D eigenvalue weighted by Crippen LogP contribution is 1.98. The van der Waals surface area contributed by atoms with Gasteiger partial charge in [0, 0.05) is 19.0 Å². The smallest absolute Gasteiger partial charge is 0.236 e. The highest BCUT2D eigenvalue weighted by Gasteiger charge is 2.15. The van der Waals surface area contributed by atoms with Crippen LogP contribution in [0.25, 0.3) is 0 Å². The Hall–Kier alpha value is -1.01. The van der Waals surface area contributed by atoms with Gasteiger partial charge in [0.05, 0.1) is 6.04 Å². The van der Waals surface area contributed by atoms with Crippen LogP contribution in [0.5, 0.6) is 0 Å². The maximum absolute atomic E-state index is 11.6. The molecule has 2 unspecified atom stereocenters. The molecule has 0 saturated heterocycles. The lowest BCUT2D eigenvalue weighted by Crippen LogP contribution is -2.46. The molecule has 0 aromatic carbocycles. The van der Waals surface area contributed by atoms with Gasteiger partial charge in [-0.05, 0) is 19.8 Å². The third-order valence-corrected chi connectivity index (χ3v) is 2.57. The molecule has 3 nitrogen and oxygen atoms in total. The molecule has 0 aliphatic rings. The third kappa shape index (κ3) is 6.47. The highest BCUT2D eigenvalue weighted by molar-refractivity contribution is 5.81. The maximum atomic E-state index is 11.6. The van der Waals surface area contributed by atoms with Crippen molar-refractivity contribution in [1.82, 2.24) is 10.6 Å². The maximum Gasteiger partial charge on any atom is 0.236 e. The Morgan fingerprint density at radius 2 is 2.12 bits per heavy atom. The normalized spacial score (nSPS) is 13.9. The Kier molecular flexibility index (Phi) is 8.65. The van der Waals surface area contributed by atoms with E-state index in [1.165, 1.54) is 0 Å². The first kappa shape index (κ1) is 15.0. The standard InChI is InChI=1S/C13H24N2O/c1-5-8-10-14-13(16)11(4)15-12(7-3)9-6-2/h2,11-12,15H,5,7-10H2,1,3-4H3,(H,14,16). The number of hydrogen-bond donors (Lipinski definition) is 2. The van der Waals surface area contributed by atoms with Crippen LogP contribution in [0.1, 0.15) is 46.5 Å². The van der Waals surface area contributed by atoms with E-state index in [0.29, 0.717) is 6.42 Å². The van der Waals surface area contributed by atoms with Crippen molar-refractivity contribution in [3.8, 4) is 12.3 Å². The molecule has 16 heavy (non-hydrogen) atoms. The zero-order valence-corrected chi connectivity index (χ0v) is 10.7. The van der Waals surface area contributed by atoms with Gasteiger partial charge in [-0.1, -0.05) is 20.3 Å². The molecule has 1 amide bonds. The van der Waals surface area contributed by atoms with E-state index < -0.39 is 0 Å². The molecule has 0 spiro atoms. The van der Waals surface area contributed by atoms with Gasteiger partial charge >= 0.3 is 0 Å². The van der Waals surface area contributed by atoms with E-state index in [9.17, 15) is 4.79 Å². The molecule has 0 saturated carbocycles. The van der Waals surface area contributed by atoms with E-state index in [2.05, 4.69) is 30.4 Å². The van der Waals surface area contributed by atoms with E-state index >= 15 is 0 Å². The minimum Gasteiger partial charge on any atom is -0.355 e.